The van der Waals surface area contributed by atoms with Gasteiger partial charge in [0.15, 0.2) is 11.2 Å². The van der Waals surface area contributed by atoms with Gasteiger partial charge in [-0.3, -0.25) is 18.8 Å². The predicted octanol–water partition coefficient (Wildman–Crippen LogP) is 0.524. The average Bonchev–Trinajstić information content (AvgIpc) is 2.86. The molecule has 0 amide bonds. The SMILES string of the molecule is CCCN(CCC)OCc1nc2c(c(=O)n(C)c(=O)n2C)n1C. The van der Waals surface area contributed by atoms with Crippen molar-refractivity contribution in [2.45, 2.75) is 33.3 Å². The summed E-state index contributed by atoms with van der Waals surface area (Å²) >= 11 is 0. The summed E-state index contributed by atoms with van der Waals surface area (Å²) in [6.45, 7) is 6.15. The third kappa shape index (κ3) is 3.23. The molecule has 0 atom stereocenters. The molecule has 2 aromatic rings. The van der Waals surface area contributed by atoms with E-state index in [1.165, 1.54) is 11.6 Å². The highest BCUT2D eigenvalue weighted by molar-refractivity contribution is 5.70. The van der Waals surface area contributed by atoms with E-state index in [1.807, 2.05) is 5.06 Å². The molecule has 0 aliphatic heterocycles. The molecule has 0 bridgehead atoms. The van der Waals surface area contributed by atoms with Crippen LogP contribution in [-0.4, -0.2) is 36.8 Å². The second-order valence-electron chi connectivity index (χ2n) is 5.67. The highest BCUT2D eigenvalue weighted by atomic mass is 16.7. The minimum atomic E-state index is -0.383. The third-order valence-corrected chi connectivity index (χ3v) is 3.89. The normalized spacial score (nSPS) is 11.7. The van der Waals surface area contributed by atoms with Crippen molar-refractivity contribution in [3.05, 3.63) is 26.7 Å². The molecule has 0 N–H and O–H groups in total. The molecule has 2 rings (SSSR count). The first-order valence-electron chi connectivity index (χ1n) is 7.91. The van der Waals surface area contributed by atoms with E-state index in [0.29, 0.717) is 17.0 Å². The molecule has 2 heterocycles. The zero-order chi connectivity index (χ0) is 17.1. The Balaban J connectivity index is 2.38. The van der Waals surface area contributed by atoms with Crippen LogP contribution in [0.15, 0.2) is 9.59 Å². The van der Waals surface area contributed by atoms with Crippen molar-refractivity contribution in [2.24, 2.45) is 21.1 Å². The van der Waals surface area contributed by atoms with E-state index in [4.69, 9.17) is 4.84 Å². The summed E-state index contributed by atoms with van der Waals surface area (Å²) in [5.41, 5.74) is 0.0671. The maximum Gasteiger partial charge on any atom is 0.332 e. The van der Waals surface area contributed by atoms with Crippen molar-refractivity contribution in [2.75, 3.05) is 13.1 Å². The van der Waals surface area contributed by atoms with Gasteiger partial charge in [0.05, 0.1) is 0 Å². The second kappa shape index (κ2) is 7.10. The number of nitrogens with zero attached hydrogens (tertiary/aromatic N) is 5. The van der Waals surface area contributed by atoms with Gasteiger partial charge in [0.25, 0.3) is 5.56 Å². The molecule has 0 fully saturated rings. The Morgan fingerprint density at radius 1 is 1.00 bits per heavy atom. The lowest BCUT2D eigenvalue weighted by molar-refractivity contribution is -0.171. The molecule has 0 aromatic carbocycles. The number of hydrogen-bond donors (Lipinski definition) is 0. The van der Waals surface area contributed by atoms with E-state index in [1.54, 1.807) is 18.7 Å². The lowest BCUT2D eigenvalue weighted by atomic mass is 10.4. The van der Waals surface area contributed by atoms with Crippen molar-refractivity contribution >= 4 is 11.2 Å². The molecule has 23 heavy (non-hydrogen) atoms. The third-order valence-electron chi connectivity index (χ3n) is 3.89. The zero-order valence-electron chi connectivity index (χ0n) is 14.5. The van der Waals surface area contributed by atoms with Crippen LogP contribution in [0.5, 0.6) is 0 Å². The first kappa shape index (κ1) is 17.4. The standard InChI is InChI=1S/C15H25N5O3/c1-6-8-20(9-7-2)23-10-11-16-13-12(17(11)3)14(21)19(5)15(22)18(13)4/h6-10H2,1-5H3. The summed E-state index contributed by atoms with van der Waals surface area (Å²) in [6, 6.07) is 0. The Labute approximate surface area is 134 Å². The van der Waals surface area contributed by atoms with Crippen LogP contribution < -0.4 is 11.2 Å². The largest absolute Gasteiger partial charge is 0.332 e. The maximum absolute atomic E-state index is 12.3. The molecule has 0 spiro atoms. The van der Waals surface area contributed by atoms with E-state index < -0.39 is 0 Å². The summed E-state index contributed by atoms with van der Waals surface area (Å²) in [5.74, 6) is 0.621. The summed E-state index contributed by atoms with van der Waals surface area (Å²) in [7, 11) is 4.85. The molecule has 0 unspecified atom stereocenters. The molecule has 8 nitrogen and oxygen atoms in total. The summed E-state index contributed by atoms with van der Waals surface area (Å²) in [6.07, 6.45) is 2.00. The van der Waals surface area contributed by atoms with Gasteiger partial charge >= 0.3 is 5.69 Å². The van der Waals surface area contributed by atoms with Crippen LogP contribution in [0.2, 0.25) is 0 Å². The van der Waals surface area contributed by atoms with Gasteiger partial charge in [0, 0.05) is 34.2 Å². The fourth-order valence-corrected chi connectivity index (χ4v) is 2.58. The lowest BCUT2D eigenvalue weighted by Crippen LogP contribution is -2.37. The Hall–Kier alpha value is -1.93. The monoisotopic (exact) mass is 323 g/mol. The Morgan fingerprint density at radius 2 is 1.61 bits per heavy atom. The number of fused-ring (bicyclic) bond motifs is 1. The first-order chi connectivity index (χ1) is 10.9. The van der Waals surface area contributed by atoms with Crippen LogP contribution in [0.1, 0.15) is 32.5 Å². The Bertz CT molecular complexity index is 796. The summed E-state index contributed by atoms with van der Waals surface area (Å²) < 4.78 is 4.18. The van der Waals surface area contributed by atoms with Crippen LogP contribution in [0.25, 0.3) is 11.2 Å². The molecular weight excluding hydrogens is 298 g/mol. The van der Waals surface area contributed by atoms with Crippen LogP contribution in [0.3, 0.4) is 0 Å². The van der Waals surface area contributed by atoms with E-state index in [2.05, 4.69) is 18.8 Å². The van der Waals surface area contributed by atoms with Gasteiger partial charge < -0.3 is 4.57 Å². The van der Waals surface area contributed by atoms with Crippen molar-refractivity contribution in [3.8, 4) is 0 Å². The Kier molecular flexibility index (Phi) is 5.38. The molecule has 8 heteroatoms. The molecular formula is C15H25N5O3. The van der Waals surface area contributed by atoms with Gasteiger partial charge in [-0.1, -0.05) is 13.8 Å². The highest BCUT2D eigenvalue weighted by Crippen LogP contribution is 2.11. The Morgan fingerprint density at radius 3 is 2.17 bits per heavy atom. The number of hydroxylamine groups is 2. The van der Waals surface area contributed by atoms with Gasteiger partial charge in [-0.05, 0) is 12.8 Å². The molecule has 0 saturated heterocycles. The molecule has 0 aliphatic rings. The summed E-state index contributed by atoms with van der Waals surface area (Å²) in [5, 5.41) is 1.91. The van der Waals surface area contributed by atoms with Crippen LogP contribution in [0.4, 0.5) is 0 Å². The number of imidazole rings is 1. The minimum absolute atomic E-state index is 0.266. The van der Waals surface area contributed by atoms with Gasteiger partial charge in [-0.2, -0.15) is 5.06 Å². The van der Waals surface area contributed by atoms with E-state index >= 15 is 0 Å². The average molecular weight is 323 g/mol. The first-order valence-corrected chi connectivity index (χ1v) is 7.91. The molecule has 128 valence electrons. The molecule has 0 aliphatic carbocycles. The number of hydrogen-bond acceptors (Lipinski definition) is 5. The minimum Gasteiger partial charge on any atom is -0.323 e. The van der Waals surface area contributed by atoms with Crippen LogP contribution in [-0.2, 0) is 32.6 Å². The van der Waals surface area contributed by atoms with Crippen molar-refractivity contribution in [1.82, 2.24) is 23.7 Å². The number of aromatic nitrogens is 4. The fourth-order valence-electron chi connectivity index (χ4n) is 2.58. The van der Waals surface area contributed by atoms with Gasteiger partial charge in [0.2, 0.25) is 0 Å². The smallest absolute Gasteiger partial charge is 0.323 e. The van der Waals surface area contributed by atoms with E-state index in [9.17, 15) is 9.59 Å². The van der Waals surface area contributed by atoms with Gasteiger partial charge in [0.1, 0.15) is 12.4 Å². The van der Waals surface area contributed by atoms with Crippen molar-refractivity contribution in [3.63, 3.8) is 0 Å². The predicted molar refractivity (Wildman–Crippen MR) is 88.1 cm³/mol. The van der Waals surface area contributed by atoms with Crippen LogP contribution in [0, 0.1) is 0 Å². The maximum atomic E-state index is 12.3. The fraction of sp³-hybridized carbons (Fsp3) is 0.667. The molecule has 0 radical (unpaired) electrons. The topological polar surface area (TPSA) is 74.3 Å². The molecule has 0 saturated carbocycles. The number of aryl methyl sites for hydroxylation is 2. The lowest BCUT2D eigenvalue weighted by Gasteiger charge is -2.20. The quantitative estimate of drug-likeness (QED) is 0.695. The zero-order valence-corrected chi connectivity index (χ0v) is 14.5. The van der Waals surface area contributed by atoms with E-state index in [0.717, 1.165) is 30.5 Å². The van der Waals surface area contributed by atoms with Crippen molar-refractivity contribution in [1.29, 1.82) is 0 Å². The number of rotatable bonds is 7. The van der Waals surface area contributed by atoms with E-state index in [-0.39, 0.29) is 17.9 Å². The van der Waals surface area contributed by atoms with Crippen LogP contribution >= 0.6 is 0 Å². The highest BCUT2D eigenvalue weighted by Gasteiger charge is 2.17. The van der Waals surface area contributed by atoms with Gasteiger partial charge in [-0.15, -0.1) is 0 Å². The summed E-state index contributed by atoms with van der Waals surface area (Å²) in [4.78, 5) is 34.6. The second-order valence-corrected chi connectivity index (χ2v) is 5.67. The molecule has 2 aromatic heterocycles. The van der Waals surface area contributed by atoms with Gasteiger partial charge in [-0.25, -0.2) is 9.78 Å². The van der Waals surface area contributed by atoms with Crippen molar-refractivity contribution < 1.29 is 4.84 Å².